The Labute approximate surface area is 123 Å². The van der Waals surface area contributed by atoms with Crippen molar-refractivity contribution in [3.8, 4) is 0 Å². The summed E-state index contributed by atoms with van der Waals surface area (Å²) in [4.78, 5) is 4.67. The zero-order valence-electron chi connectivity index (χ0n) is 13.6. The van der Waals surface area contributed by atoms with E-state index in [0.29, 0.717) is 12.0 Å². The molecule has 0 spiro atoms. The van der Waals surface area contributed by atoms with E-state index >= 15 is 0 Å². The number of hydrogen-bond donors (Lipinski definition) is 2. The van der Waals surface area contributed by atoms with Crippen molar-refractivity contribution >= 4 is 5.96 Å². The standard InChI is InChI=1S/C16H31N3O/c1-5-17-14(18-11-15(2,3)20-4)19-12-16(9-6-10-16)13-7-8-13/h13H,5-12H2,1-4H3,(H2,17,18,19). The van der Waals surface area contributed by atoms with Crippen molar-refractivity contribution in [1.29, 1.82) is 0 Å². The summed E-state index contributed by atoms with van der Waals surface area (Å²) in [6.45, 7) is 8.90. The first-order chi connectivity index (χ1) is 9.51. The first-order valence-corrected chi connectivity index (χ1v) is 8.09. The third-order valence-corrected chi connectivity index (χ3v) is 4.92. The minimum Gasteiger partial charge on any atom is -0.377 e. The fourth-order valence-electron chi connectivity index (χ4n) is 2.99. The molecule has 2 saturated carbocycles. The van der Waals surface area contributed by atoms with Crippen molar-refractivity contribution in [3.05, 3.63) is 0 Å². The maximum atomic E-state index is 5.43. The summed E-state index contributed by atoms with van der Waals surface area (Å²) in [6, 6.07) is 0. The van der Waals surface area contributed by atoms with Gasteiger partial charge in [0.05, 0.1) is 12.1 Å². The molecular formula is C16H31N3O. The highest BCUT2D eigenvalue weighted by molar-refractivity contribution is 5.79. The van der Waals surface area contributed by atoms with Gasteiger partial charge in [-0.1, -0.05) is 6.42 Å². The fourth-order valence-corrected chi connectivity index (χ4v) is 2.99. The van der Waals surface area contributed by atoms with Gasteiger partial charge < -0.3 is 15.4 Å². The molecule has 0 aliphatic heterocycles. The molecule has 0 saturated heterocycles. The first-order valence-electron chi connectivity index (χ1n) is 8.09. The van der Waals surface area contributed by atoms with E-state index in [0.717, 1.165) is 25.0 Å². The number of aliphatic imine (C=N–C) groups is 1. The van der Waals surface area contributed by atoms with Crippen molar-refractivity contribution in [3.63, 3.8) is 0 Å². The highest BCUT2D eigenvalue weighted by Gasteiger charge is 2.48. The molecule has 2 aliphatic carbocycles. The lowest BCUT2D eigenvalue weighted by Gasteiger charge is -2.43. The van der Waals surface area contributed by atoms with Gasteiger partial charge in [0.25, 0.3) is 0 Å². The van der Waals surface area contributed by atoms with Crippen molar-refractivity contribution in [2.24, 2.45) is 16.3 Å². The van der Waals surface area contributed by atoms with Crippen LogP contribution in [-0.4, -0.2) is 38.3 Å². The van der Waals surface area contributed by atoms with E-state index in [1.54, 1.807) is 7.11 Å². The molecule has 0 aromatic heterocycles. The third kappa shape index (κ3) is 3.87. The minimum atomic E-state index is -0.201. The van der Waals surface area contributed by atoms with Crippen LogP contribution in [0.5, 0.6) is 0 Å². The number of nitrogens with one attached hydrogen (secondary N) is 2. The van der Waals surface area contributed by atoms with Crippen molar-refractivity contribution in [2.45, 2.75) is 58.5 Å². The third-order valence-electron chi connectivity index (χ3n) is 4.92. The lowest BCUT2D eigenvalue weighted by atomic mass is 9.65. The zero-order chi connectivity index (χ0) is 14.6. The van der Waals surface area contributed by atoms with E-state index in [4.69, 9.17) is 4.74 Å². The Kier molecular flexibility index (Phi) is 4.95. The minimum absolute atomic E-state index is 0.201. The Balaban J connectivity index is 1.86. The smallest absolute Gasteiger partial charge is 0.191 e. The van der Waals surface area contributed by atoms with Gasteiger partial charge in [-0.05, 0) is 57.8 Å². The SMILES string of the molecule is CCNC(=NCC(C)(C)OC)NCC1(C2CC2)CCC1. The van der Waals surface area contributed by atoms with Crippen molar-refractivity contribution in [2.75, 3.05) is 26.7 Å². The Hall–Kier alpha value is -0.770. The number of guanidine groups is 1. The second kappa shape index (κ2) is 6.33. The molecule has 4 heteroatoms. The number of rotatable bonds is 7. The van der Waals surface area contributed by atoms with E-state index in [1.807, 2.05) is 0 Å². The van der Waals surface area contributed by atoms with Crippen LogP contribution in [0, 0.1) is 11.3 Å². The summed E-state index contributed by atoms with van der Waals surface area (Å²) in [6.07, 6.45) is 7.07. The van der Waals surface area contributed by atoms with Crippen LogP contribution >= 0.6 is 0 Å². The first kappa shape index (κ1) is 15.6. The molecule has 2 rings (SSSR count). The van der Waals surface area contributed by atoms with E-state index in [-0.39, 0.29) is 5.60 Å². The molecule has 0 atom stereocenters. The van der Waals surface area contributed by atoms with Crippen LogP contribution in [0.2, 0.25) is 0 Å². The molecule has 0 aromatic carbocycles. The molecule has 0 bridgehead atoms. The van der Waals surface area contributed by atoms with Gasteiger partial charge in [0.2, 0.25) is 0 Å². The summed E-state index contributed by atoms with van der Waals surface area (Å²) in [5.74, 6) is 1.91. The lowest BCUT2D eigenvalue weighted by Crippen LogP contribution is -2.48. The van der Waals surface area contributed by atoms with Crippen LogP contribution in [0.4, 0.5) is 0 Å². The molecule has 0 heterocycles. The quantitative estimate of drug-likeness (QED) is 0.557. The summed E-state index contributed by atoms with van der Waals surface area (Å²) in [5, 5.41) is 6.91. The van der Waals surface area contributed by atoms with Gasteiger partial charge >= 0.3 is 0 Å². The number of methoxy groups -OCH3 is 1. The van der Waals surface area contributed by atoms with Crippen LogP contribution < -0.4 is 10.6 Å². The Morgan fingerprint density at radius 1 is 1.30 bits per heavy atom. The number of hydrogen-bond acceptors (Lipinski definition) is 2. The second-order valence-electron chi connectivity index (χ2n) is 7.00. The summed E-state index contributed by atoms with van der Waals surface area (Å²) in [7, 11) is 1.74. The van der Waals surface area contributed by atoms with Crippen LogP contribution in [0.15, 0.2) is 4.99 Å². The highest BCUT2D eigenvalue weighted by Crippen LogP contribution is 2.56. The number of ether oxygens (including phenoxy) is 1. The van der Waals surface area contributed by atoms with Gasteiger partial charge in [-0.15, -0.1) is 0 Å². The molecule has 2 fully saturated rings. The predicted octanol–water partition coefficient (Wildman–Crippen LogP) is 2.55. The fraction of sp³-hybridized carbons (Fsp3) is 0.938. The zero-order valence-corrected chi connectivity index (χ0v) is 13.6. The largest absolute Gasteiger partial charge is 0.377 e. The van der Waals surface area contributed by atoms with E-state index in [2.05, 4.69) is 36.4 Å². The Bertz CT molecular complexity index is 344. The monoisotopic (exact) mass is 281 g/mol. The second-order valence-corrected chi connectivity index (χ2v) is 7.00. The Morgan fingerprint density at radius 2 is 2.00 bits per heavy atom. The summed E-state index contributed by atoms with van der Waals surface area (Å²) >= 11 is 0. The van der Waals surface area contributed by atoms with Crippen molar-refractivity contribution < 1.29 is 4.74 Å². The van der Waals surface area contributed by atoms with Crippen LogP contribution in [0.25, 0.3) is 0 Å². The molecule has 2 aliphatic rings. The lowest BCUT2D eigenvalue weighted by molar-refractivity contribution is 0.0310. The summed E-state index contributed by atoms with van der Waals surface area (Å²) in [5.41, 5.74) is 0.375. The molecular weight excluding hydrogens is 250 g/mol. The van der Waals surface area contributed by atoms with E-state index in [9.17, 15) is 0 Å². The number of nitrogens with zero attached hydrogens (tertiary/aromatic N) is 1. The van der Waals surface area contributed by atoms with Gasteiger partial charge in [-0.25, -0.2) is 0 Å². The Morgan fingerprint density at radius 3 is 2.45 bits per heavy atom. The topological polar surface area (TPSA) is 45.7 Å². The van der Waals surface area contributed by atoms with Gasteiger partial charge in [0.15, 0.2) is 5.96 Å². The van der Waals surface area contributed by atoms with Crippen molar-refractivity contribution in [1.82, 2.24) is 10.6 Å². The normalized spacial score (nSPS) is 22.3. The van der Waals surface area contributed by atoms with Gasteiger partial charge in [0, 0.05) is 20.2 Å². The van der Waals surface area contributed by atoms with Crippen LogP contribution in [-0.2, 0) is 4.74 Å². The molecule has 2 N–H and O–H groups in total. The van der Waals surface area contributed by atoms with Gasteiger partial charge in [0.1, 0.15) is 0 Å². The molecule has 0 radical (unpaired) electrons. The molecule has 116 valence electrons. The average molecular weight is 281 g/mol. The average Bonchev–Trinajstić information content (AvgIpc) is 3.19. The maximum absolute atomic E-state index is 5.43. The molecule has 4 nitrogen and oxygen atoms in total. The van der Waals surface area contributed by atoms with Crippen LogP contribution in [0.1, 0.15) is 52.9 Å². The molecule has 0 unspecified atom stereocenters. The molecule has 0 aromatic rings. The van der Waals surface area contributed by atoms with E-state index < -0.39 is 0 Å². The maximum Gasteiger partial charge on any atom is 0.191 e. The van der Waals surface area contributed by atoms with Crippen LogP contribution in [0.3, 0.4) is 0 Å². The summed E-state index contributed by atoms with van der Waals surface area (Å²) < 4.78 is 5.43. The highest BCUT2D eigenvalue weighted by atomic mass is 16.5. The molecule has 0 amide bonds. The van der Waals surface area contributed by atoms with Gasteiger partial charge in [-0.3, -0.25) is 4.99 Å². The van der Waals surface area contributed by atoms with Gasteiger partial charge in [-0.2, -0.15) is 0 Å². The molecule has 20 heavy (non-hydrogen) atoms. The van der Waals surface area contributed by atoms with E-state index in [1.165, 1.54) is 32.1 Å². The predicted molar refractivity (Wildman–Crippen MR) is 84.1 cm³/mol.